The number of hydrogen-bond donors (Lipinski definition) is 2. The highest BCUT2D eigenvalue weighted by atomic mass is 19.1. The molecular weight excluding hydrogens is 357 g/mol. The summed E-state index contributed by atoms with van der Waals surface area (Å²) >= 11 is 0. The Morgan fingerprint density at radius 3 is 2.26 bits per heavy atom. The van der Waals surface area contributed by atoms with Gasteiger partial charge in [0.05, 0.1) is 13.2 Å². The fourth-order valence-electron chi connectivity index (χ4n) is 2.09. The molecule has 2 aromatic rings. The van der Waals surface area contributed by atoms with E-state index >= 15 is 0 Å². The van der Waals surface area contributed by atoms with Crippen molar-refractivity contribution >= 4 is 11.9 Å². The number of aliphatic carboxylic acids is 1. The van der Waals surface area contributed by atoms with Crippen molar-refractivity contribution in [2.24, 2.45) is 0 Å². The van der Waals surface area contributed by atoms with E-state index in [0.29, 0.717) is 24.5 Å². The molecule has 0 saturated carbocycles. The Kier molecular flexibility index (Phi) is 7.57. The number of ether oxygens (including phenoxy) is 3. The maximum absolute atomic E-state index is 12.9. The molecular formula is C19H20FNO6. The second kappa shape index (κ2) is 10.1. The highest BCUT2D eigenvalue weighted by Gasteiger charge is 2.21. The topological polar surface area (TPSA) is 94.1 Å². The molecule has 0 aliphatic carbocycles. The Labute approximate surface area is 155 Å². The van der Waals surface area contributed by atoms with Crippen LogP contribution in [0.4, 0.5) is 4.39 Å². The normalized spacial score (nSPS) is 11.5. The highest BCUT2D eigenvalue weighted by molar-refractivity contribution is 5.94. The number of amides is 1. The Balaban J connectivity index is 1.89. The number of halogens is 1. The van der Waals surface area contributed by atoms with Gasteiger partial charge in [-0.05, 0) is 48.5 Å². The minimum atomic E-state index is -1.31. The number of carboxylic acid groups (broad SMARTS) is 1. The van der Waals surface area contributed by atoms with Gasteiger partial charge in [0.15, 0.2) is 0 Å². The van der Waals surface area contributed by atoms with E-state index in [2.05, 4.69) is 5.32 Å². The zero-order chi connectivity index (χ0) is 19.6. The maximum Gasteiger partial charge on any atom is 0.346 e. The average molecular weight is 377 g/mol. The first-order chi connectivity index (χ1) is 13.0. The van der Waals surface area contributed by atoms with Gasteiger partial charge in [0, 0.05) is 12.7 Å². The Morgan fingerprint density at radius 2 is 1.67 bits per heavy atom. The molecule has 0 aromatic heterocycles. The molecule has 0 radical (unpaired) electrons. The van der Waals surface area contributed by atoms with Crippen LogP contribution in [0.2, 0.25) is 0 Å². The van der Waals surface area contributed by atoms with Gasteiger partial charge in [0.1, 0.15) is 23.9 Å². The van der Waals surface area contributed by atoms with Crippen molar-refractivity contribution in [2.45, 2.75) is 6.10 Å². The van der Waals surface area contributed by atoms with E-state index in [-0.39, 0.29) is 12.3 Å². The smallest absolute Gasteiger partial charge is 0.346 e. The summed E-state index contributed by atoms with van der Waals surface area (Å²) in [4.78, 5) is 23.5. The van der Waals surface area contributed by atoms with E-state index in [0.717, 1.165) is 12.1 Å². The molecule has 8 heteroatoms. The molecule has 1 unspecified atom stereocenters. The molecule has 2 rings (SSSR count). The summed E-state index contributed by atoms with van der Waals surface area (Å²) in [6.45, 7) is 0.591. The van der Waals surface area contributed by atoms with Crippen molar-refractivity contribution in [3.05, 3.63) is 59.9 Å². The van der Waals surface area contributed by atoms with Crippen LogP contribution in [0.25, 0.3) is 0 Å². The van der Waals surface area contributed by atoms with Gasteiger partial charge in [-0.15, -0.1) is 0 Å². The largest absolute Gasteiger partial charge is 0.491 e. The van der Waals surface area contributed by atoms with Crippen LogP contribution in [0, 0.1) is 5.82 Å². The summed E-state index contributed by atoms with van der Waals surface area (Å²) in [5.41, 5.74) is 0.347. The van der Waals surface area contributed by atoms with Gasteiger partial charge in [0.2, 0.25) is 6.10 Å². The van der Waals surface area contributed by atoms with Crippen LogP contribution in [0.15, 0.2) is 48.5 Å². The molecule has 0 spiro atoms. The first kappa shape index (κ1) is 20.2. The van der Waals surface area contributed by atoms with Crippen molar-refractivity contribution in [3.63, 3.8) is 0 Å². The molecule has 1 amide bonds. The van der Waals surface area contributed by atoms with E-state index < -0.39 is 23.8 Å². The van der Waals surface area contributed by atoms with Gasteiger partial charge in [0.25, 0.3) is 5.91 Å². The fourth-order valence-corrected chi connectivity index (χ4v) is 2.09. The summed E-state index contributed by atoms with van der Waals surface area (Å²) in [6.07, 6.45) is -1.31. The van der Waals surface area contributed by atoms with Gasteiger partial charge in [-0.25, -0.2) is 9.18 Å². The minimum Gasteiger partial charge on any atom is -0.491 e. The van der Waals surface area contributed by atoms with Gasteiger partial charge in [-0.3, -0.25) is 4.79 Å². The number of hydrogen-bond acceptors (Lipinski definition) is 5. The summed E-state index contributed by atoms with van der Waals surface area (Å²) in [7, 11) is 1.57. The molecule has 0 saturated heterocycles. The standard InChI is InChI=1S/C19H20FNO6/c1-25-10-11-26-15-6-2-13(3-7-15)18(22)21-12-17(19(23)24)27-16-8-4-14(20)5-9-16/h2-9,17H,10-12H2,1H3,(H,21,22)(H,23,24). The van der Waals surface area contributed by atoms with Crippen LogP contribution in [0.5, 0.6) is 11.5 Å². The zero-order valence-electron chi connectivity index (χ0n) is 14.7. The molecule has 0 bridgehead atoms. The van der Waals surface area contributed by atoms with E-state index in [1.165, 1.54) is 12.1 Å². The second-order valence-corrected chi connectivity index (χ2v) is 5.47. The third-order valence-corrected chi connectivity index (χ3v) is 3.49. The maximum atomic E-state index is 12.9. The number of carbonyl (C=O) groups excluding carboxylic acids is 1. The lowest BCUT2D eigenvalue weighted by atomic mass is 10.2. The molecule has 0 aliphatic heterocycles. The summed E-state index contributed by atoms with van der Waals surface area (Å²) in [5.74, 6) is -1.38. The number of methoxy groups -OCH3 is 1. The number of benzene rings is 2. The molecule has 2 aromatic carbocycles. The summed E-state index contributed by atoms with van der Waals surface area (Å²) in [6, 6.07) is 11.3. The quantitative estimate of drug-likeness (QED) is 0.616. The summed E-state index contributed by atoms with van der Waals surface area (Å²) < 4.78 is 28.5. The van der Waals surface area contributed by atoms with Crippen LogP contribution in [0.3, 0.4) is 0 Å². The van der Waals surface area contributed by atoms with Crippen molar-refractivity contribution < 1.29 is 33.3 Å². The molecule has 0 aliphatic rings. The van der Waals surface area contributed by atoms with Gasteiger partial charge >= 0.3 is 5.97 Å². The number of carbonyl (C=O) groups is 2. The fraction of sp³-hybridized carbons (Fsp3) is 0.263. The number of carboxylic acids is 1. The lowest BCUT2D eigenvalue weighted by molar-refractivity contribution is -0.144. The predicted molar refractivity (Wildman–Crippen MR) is 94.6 cm³/mol. The Hall–Kier alpha value is -3.13. The monoisotopic (exact) mass is 377 g/mol. The molecule has 1 atom stereocenters. The van der Waals surface area contributed by atoms with Crippen LogP contribution >= 0.6 is 0 Å². The molecule has 27 heavy (non-hydrogen) atoms. The third-order valence-electron chi connectivity index (χ3n) is 3.49. The van der Waals surface area contributed by atoms with Crippen LogP contribution in [-0.4, -0.2) is 50.0 Å². The van der Waals surface area contributed by atoms with Gasteiger partial charge < -0.3 is 24.6 Å². The van der Waals surface area contributed by atoms with Gasteiger partial charge in [-0.1, -0.05) is 0 Å². The van der Waals surface area contributed by atoms with E-state index in [1.807, 2.05) is 0 Å². The van der Waals surface area contributed by atoms with Crippen molar-refractivity contribution in [3.8, 4) is 11.5 Å². The lowest BCUT2D eigenvalue weighted by Crippen LogP contribution is -2.40. The third kappa shape index (κ3) is 6.59. The van der Waals surface area contributed by atoms with E-state index in [4.69, 9.17) is 14.2 Å². The molecule has 7 nitrogen and oxygen atoms in total. The highest BCUT2D eigenvalue weighted by Crippen LogP contribution is 2.14. The molecule has 0 fully saturated rings. The molecule has 144 valence electrons. The zero-order valence-corrected chi connectivity index (χ0v) is 14.7. The van der Waals surface area contributed by atoms with Crippen molar-refractivity contribution in [2.75, 3.05) is 26.9 Å². The van der Waals surface area contributed by atoms with Crippen LogP contribution in [-0.2, 0) is 9.53 Å². The van der Waals surface area contributed by atoms with E-state index in [9.17, 15) is 19.1 Å². The molecule has 2 N–H and O–H groups in total. The van der Waals surface area contributed by atoms with Crippen molar-refractivity contribution in [1.29, 1.82) is 0 Å². The summed E-state index contributed by atoms with van der Waals surface area (Å²) in [5, 5.41) is 11.7. The average Bonchev–Trinajstić information content (AvgIpc) is 2.67. The van der Waals surface area contributed by atoms with Crippen molar-refractivity contribution in [1.82, 2.24) is 5.32 Å². The minimum absolute atomic E-state index is 0.190. The first-order valence-corrected chi connectivity index (χ1v) is 8.14. The van der Waals surface area contributed by atoms with Crippen LogP contribution in [0.1, 0.15) is 10.4 Å². The Morgan fingerprint density at radius 1 is 1.04 bits per heavy atom. The molecule has 0 heterocycles. The first-order valence-electron chi connectivity index (χ1n) is 8.14. The van der Waals surface area contributed by atoms with Gasteiger partial charge in [-0.2, -0.15) is 0 Å². The van der Waals surface area contributed by atoms with E-state index in [1.54, 1.807) is 31.4 Å². The SMILES string of the molecule is COCCOc1ccc(C(=O)NCC(Oc2ccc(F)cc2)C(=O)O)cc1. The number of nitrogens with one attached hydrogen (secondary N) is 1. The predicted octanol–water partition coefficient (Wildman–Crippen LogP) is 2.11. The lowest BCUT2D eigenvalue weighted by Gasteiger charge is -2.16. The second-order valence-electron chi connectivity index (χ2n) is 5.47. The van der Waals surface area contributed by atoms with Crippen LogP contribution < -0.4 is 14.8 Å². The number of rotatable bonds is 10. The Bertz CT molecular complexity index is 748.